The quantitative estimate of drug-likeness (QED) is 0.474. The van der Waals surface area contributed by atoms with Gasteiger partial charge in [0.2, 0.25) is 0 Å². The third-order valence-corrected chi connectivity index (χ3v) is 6.91. The second-order valence-electron chi connectivity index (χ2n) is 9.79. The smallest absolute Gasteiger partial charge is 0.267 e. The van der Waals surface area contributed by atoms with Gasteiger partial charge in [0.15, 0.2) is 12.1 Å². The number of ether oxygens (including phenoxy) is 2. The zero-order valence-corrected chi connectivity index (χ0v) is 20.2. The molecule has 0 bridgehead atoms. The van der Waals surface area contributed by atoms with E-state index in [0.29, 0.717) is 37.4 Å². The van der Waals surface area contributed by atoms with E-state index >= 15 is 0 Å². The summed E-state index contributed by atoms with van der Waals surface area (Å²) in [6, 6.07) is 11.9. The van der Waals surface area contributed by atoms with E-state index in [9.17, 15) is 14.0 Å². The molecule has 2 unspecified atom stereocenters. The number of likely N-dealkylation sites (tertiary alicyclic amines) is 1. The number of benzene rings is 2. The molecule has 7 nitrogen and oxygen atoms in total. The van der Waals surface area contributed by atoms with Gasteiger partial charge in [0.05, 0.1) is 12.0 Å². The second kappa shape index (κ2) is 10.9. The Balaban J connectivity index is 1.20. The summed E-state index contributed by atoms with van der Waals surface area (Å²) in [4.78, 5) is 32.8. The number of amides is 1. The summed E-state index contributed by atoms with van der Waals surface area (Å²) in [5.41, 5.74) is 4.13. The van der Waals surface area contributed by atoms with E-state index in [1.165, 1.54) is 18.2 Å². The number of fused-ring (bicyclic) bond motifs is 1. The molecule has 0 aromatic heterocycles. The number of carbonyl (C=O) groups excluding carboxylic acids is 2. The minimum Gasteiger partial charge on any atom is -0.485 e. The van der Waals surface area contributed by atoms with Gasteiger partial charge in [-0.25, -0.2) is 14.7 Å². The van der Waals surface area contributed by atoms with Gasteiger partial charge in [-0.1, -0.05) is 18.2 Å². The van der Waals surface area contributed by atoms with Crippen molar-refractivity contribution < 1.29 is 28.3 Å². The number of hydrogen-bond donors (Lipinski definition) is 1. The Hall–Kier alpha value is -3.07. The highest BCUT2D eigenvalue weighted by Crippen LogP contribution is 2.39. The monoisotopic (exact) mass is 494 g/mol. The first-order valence-electron chi connectivity index (χ1n) is 12.6. The maximum atomic E-state index is 13.3. The van der Waals surface area contributed by atoms with Crippen molar-refractivity contribution in [2.45, 2.75) is 57.0 Å². The number of rotatable bonds is 6. The molecule has 3 aliphatic heterocycles. The molecule has 3 aliphatic rings. The fourth-order valence-electron chi connectivity index (χ4n) is 5.15. The number of ketones is 1. The lowest BCUT2D eigenvalue weighted by Gasteiger charge is -2.45. The van der Waals surface area contributed by atoms with E-state index in [-0.39, 0.29) is 11.6 Å². The van der Waals surface area contributed by atoms with Gasteiger partial charge < -0.3 is 9.47 Å². The number of hydrogen-bond acceptors (Lipinski definition) is 6. The molecule has 1 N–H and O–H groups in total. The first kappa shape index (κ1) is 24.6. The van der Waals surface area contributed by atoms with Crippen LogP contribution in [0.15, 0.2) is 48.5 Å². The van der Waals surface area contributed by atoms with E-state index < -0.39 is 17.8 Å². The lowest BCUT2D eigenvalue weighted by molar-refractivity contribution is -0.198. The Labute approximate surface area is 210 Å². The maximum absolute atomic E-state index is 13.3. The van der Waals surface area contributed by atoms with E-state index in [4.69, 9.17) is 14.3 Å². The average molecular weight is 495 g/mol. The van der Waals surface area contributed by atoms with Gasteiger partial charge in [0.1, 0.15) is 17.2 Å². The van der Waals surface area contributed by atoms with Crippen molar-refractivity contribution in [2.24, 2.45) is 0 Å². The van der Waals surface area contributed by atoms with Crippen LogP contribution in [0.25, 0.3) is 6.08 Å². The molecule has 5 rings (SSSR count). The van der Waals surface area contributed by atoms with Gasteiger partial charge in [0, 0.05) is 32.2 Å². The average Bonchev–Trinajstić information content (AvgIpc) is 2.88. The number of nitrogens with one attached hydrogen (secondary N) is 1. The zero-order valence-electron chi connectivity index (χ0n) is 20.2. The van der Waals surface area contributed by atoms with Crippen LogP contribution in [0.1, 0.15) is 60.0 Å². The van der Waals surface area contributed by atoms with E-state index in [2.05, 4.69) is 10.4 Å². The molecule has 36 heavy (non-hydrogen) atoms. The van der Waals surface area contributed by atoms with Crippen LogP contribution < -0.4 is 10.2 Å². The van der Waals surface area contributed by atoms with Crippen molar-refractivity contribution in [2.75, 3.05) is 19.7 Å². The van der Waals surface area contributed by atoms with Crippen LogP contribution in [0, 0.1) is 5.82 Å². The molecule has 3 heterocycles. The van der Waals surface area contributed by atoms with Gasteiger partial charge in [-0.05, 0) is 73.7 Å². The van der Waals surface area contributed by atoms with Crippen molar-refractivity contribution in [1.82, 2.24) is 10.4 Å². The number of carbonyl (C=O) groups is 2. The van der Waals surface area contributed by atoms with Gasteiger partial charge >= 0.3 is 0 Å². The van der Waals surface area contributed by atoms with Crippen LogP contribution in [0.4, 0.5) is 4.39 Å². The molecule has 2 aromatic carbocycles. The van der Waals surface area contributed by atoms with Crippen molar-refractivity contribution in [1.29, 1.82) is 0 Å². The third-order valence-electron chi connectivity index (χ3n) is 6.91. The Morgan fingerprint density at radius 1 is 1.19 bits per heavy atom. The SMILES string of the molecule is O=C(C=Cc1ccc2c(c1)C(=O)CC1(CCCN(Cc3ccc(F)cc3)C1)O2)NOC1CCCCO1. The zero-order chi connectivity index (χ0) is 25.0. The van der Waals surface area contributed by atoms with E-state index in [0.717, 1.165) is 49.8 Å². The standard InChI is InChI=1S/C28H31FN2O5/c29-22-9-5-21(6-10-22)18-31-14-3-13-28(19-31)17-24(32)23-16-20(7-11-25(23)35-28)8-12-26(33)30-36-27-4-1-2-15-34-27/h5-12,16,27H,1-4,13-15,17-19H2,(H,30,33). The molecule has 0 saturated carbocycles. The molecule has 2 aromatic rings. The van der Waals surface area contributed by atoms with Crippen molar-refractivity contribution in [3.05, 3.63) is 71.0 Å². The van der Waals surface area contributed by atoms with Crippen molar-refractivity contribution >= 4 is 17.8 Å². The molecule has 2 atom stereocenters. The Bertz CT molecular complexity index is 1130. The van der Waals surface area contributed by atoms with Gasteiger partial charge in [-0.3, -0.25) is 14.5 Å². The maximum Gasteiger partial charge on any atom is 0.267 e. The van der Waals surface area contributed by atoms with Gasteiger partial charge in [0.25, 0.3) is 5.91 Å². The summed E-state index contributed by atoms with van der Waals surface area (Å²) < 4.78 is 25.1. The Morgan fingerprint density at radius 3 is 2.86 bits per heavy atom. The van der Waals surface area contributed by atoms with Gasteiger partial charge in [-0.15, -0.1) is 0 Å². The minimum absolute atomic E-state index is 0.0392. The first-order chi connectivity index (χ1) is 17.5. The van der Waals surface area contributed by atoms with E-state index in [1.54, 1.807) is 30.3 Å². The lowest BCUT2D eigenvalue weighted by Crippen LogP contribution is -2.54. The predicted molar refractivity (Wildman–Crippen MR) is 132 cm³/mol. The largest absolute Gasteiger partial charge is 0.485 e. The van der Waals surface area contributed by atoms with E-state index in [1.807, 2.05) is 6.07 Å². The lowest BCUT2D eigenvalue weighted by atomic mass is 9.83. The van der Waals surface area contributed by atoms with Crippen LogP contribution in [0.2, 0.25) is 0 Å². The molecule has 1 spiro atoms. The highest BCUT2D eigenvalue weighted by atomic mass is 19.1. The molecular formula is C28H31FN2O5. The van der Waals surface area contributed by atoms with Crippen LogP contribution in [-0.4, -0.2) is 48.2 Å². The summed E-state index contributed by atoms with van der Waals surface area (Å²) in [5.74, 6) is -0.0255. The third kappa shape index (κ3) is 6.00. The number of halogens is 1. The molecule has 2 saturated heterocycles. The van der Waals surface area contributed by atoms with Crippen LogP contribution in [-0.2, 0) is 20.9 Å². The molecule has 0 radical (unpaired) electrons. The first-order valence-corrected chi connectivity index (χ1v) is 12.6. The number of nitrogens with zero attached hydrogens (tertiary/aromatic N) is 1. The van der Waals surface area contributed by atoms with Crippen LogP contribution >= 0.6 is 0 Å². The van der Waals surface area contributed by atoms with Gasteiger partial charge in [-0.2, -0.15) is 0 Å². The fraction of sp³-hybridized carbons (Fsp3) is 0.429. The molecule has 190 valence electrons. The molecule has 0 aliphatic carbocycles. The summed E-state index contributed by atoms with van der Waals surface area (Å²) in [7, 11) is 0. The van der Waals surface area contributed by atoms with Crippen LogP contribution in [0.5, 0.6) is 5.75 Å². The highest BCUT2D eigenvalue weighted by Gasteiger charge is 2.43. The number of Topliss-reactive ketones (excluding diaryl/α,β-unsaturated/α-hetero) is 1. The number of piperidine rings is 1. The minimum atomic E-state index is -0.557. The molecule has 8 heteroatoms. The topological polar surface area (TPSA) is 77.1 Å². The summed E-state index contributed by atoms with van der Waals surface area (Å²) >= 11 is 0. The Kier molecular flexibility index (Phi) is 7.46. The summed E-state index contributed by atoms with van der Waals surface area (Å²) in [6.07, 6.45) is 7.41. The second-order valence-corrected chi connectivity index (χ2v) is 9.79. The van der Waals surface area contributed by atoms with Crippen molar-refractivity contribution in [3.63, 3.8) is 0 Å². The Morgan fingerprint density at radius 2 is 2.06 bits per heavy atom. The predicted octanol–water partition coefficient (Wildman–Crippen LogP) is 4.41. The highest BCUT2D eigenvalue weighted by molar-refractivity contribution is 6.01. The molecule has 2 fully saturated rings. The summed E-state index contributed by atoms with van der Waals surface area (Å²) in [6.45, 7) is 2.87. The molecular weight excluding hydrogens is 463 g/mol. The number of hydroxylamine groups is 1. The summed E-state index contributed by atoms with van der Waals surface area (Å²) in [5, 5.41) is 0. The molecule has 1 amide bonds. The van der Waals surface area contributed by atoms with Crippen molar-refractivity contribution in [3.8, 4) is 5.75 Å². The fourth-order valence-corrected chi connectivity index (χ4v) is 5.15. The normalized spacial score (nSPS) is 24.5. The van der Waals surface area contributed by atoms with Crippen LogP contribution in [0.3, 0.4) is 0 Å².